The van der Waals surface area contributed by atoms with Crippen molar-refractivity contribution in [1.29, 1.82) is 5.26 Å². The van der Waals surface area contributed by atoms with E-state index in [4.69, 9.17) is 9.68 Å². The van der Waals surface area contributed by atoms with E-state index in [1.807, 2.05) is 6.07 Å². The highest BCUT2D eigenvalue weighted by Crippen LogP contribution is 2.10. The quantitative estimate of drug-likeness (QED) is 0.744. The summed E-state index contributed by atoms with van der Waals surface area (Å²) in [6.45, 7) is -0.0911. The highest BCUT2D eigenvalue weighted by Gasteiger charge is 2.16. The van der Waals surface area contributed by atoms with Gasteiger partial charge in [-0.3, -0.25) is 14.2 Å². The zero-order valence-electron chi connectivity index (χ0n) is 12.9. The van der Waals surface area contributed by atoms with Crippen molar-refractivity contribution < 1.29 is 9.21 Å². The predicted octanol–water partition coefficient (Wildman–Crippen LogP) is 1.30. The molecule has 0 aliphatic carbocycles. The van der Waals surface area contributed by atoms with Gasteiger partial charge in [-0.2, -0.15) is 5.26 Å². The maximum Gasteiger partial charge on any atom is 0.328 e. The Hall–Kier alpha value is -3.86. The van der Waals surface area contributed by atoms with E-state index in [1.54, 1.807) is 30.3 Å². The molecule has 0 radical (unpaired) electrons. The number of hydrogen-bond acceptors (Lipinski definition) is 5. The monoisotopic (exact) mass is 336 g/mol. The van der Waals surface area contributed by atoms with Crippen LogP contribution in [0.5, 0.6) is 0 Å². The number of amides is 1. The molecule has 0 bridgehead atoms. The van der Waals surface area contributed by atoms with Crippen LogP contribution < -0.4 is 16.6 Å². The third kappa shape index (κ3) is 3.40. The van der Waals surface area contributed by atoms with E-state index in [9.17, 15) is 14.4 Å². The van der Waals surface area contributed by atoms with E-state index in [0.29, 0.717) is 17.0 Å². The summed E-state index contributed by atoms with van der Waals surface area (Å²) in [6.07, 6.45) is 2.49. The fourth-order valence-corrected chi connectivity index (χ4v) is 2.24. The Labute approximate surface area is 141 Å². The second-order valence-corrected chi connectivity index (χ2v) is 5.12. The van der Waals surface area contributed by atoms with E-state index < -0.39 is 17.2 Å². The molecule has 0 saturated carbocycles. The van der Waals surface area contributed by atoms with Crippen molar-refractivity contribution in [3.8, 4) is 6.07 Å². The number of carbonyl (C=O) groups is 1. The first kappa shape index (κ1) is 16.0. The van der Waals surface area contributed by atoms with Crippen molar-refractivity contribution in [3.63, 3.8) is 0 Å². The van der Waals surface area contributed by atoms with E-state index in [0.717, 1.165) is 10.8 Å². The number of benzene rings is 1. The fourth-order valence-electron chi connectivity index (χ4n) is 2.24. The van der Waals surface area contributed by atoms with E-state index in [2.05, 4.69) is 10.3 Å². The molecule has 2 heterocycles. The number of rotatable bonds is 4. The Morgan fingerprint density at radius 3 is 2.84 bits per heavy atom. The Kier molecular flexibility index (Phi) is 4.30. The van der Waals surface area contributed by atoms with E-state index >= 15 is 0 Å². The smallest absolute Gasteiger partial charge is 0.328 e. The number of hydrogen-bond donors (Lipinski definition) is 2. The zero-order chi connectivity index (χ0) is 17.8. The minimum atomic E-state index is -0.742. The van der Waals surface area contributed by atoms with Crippen LogP contribution in [0.1, 0.15) is 21.7 Å². The SMILES string of the molecule is N#Cc1cccc(NC(=O)c2c[nH]c(=O)n(Cc3ccco3)c2=O)c1. The normalized spacial score (nSPS) is 10.2. The number of aromatic nitrogens is 2. The summed E-state index contributed by atoms with van der Waals surface area (Å²) >= 11 is 0. The molecule has 8 heteroatoms. The van der Waals surface area contributed by atoms with Gasteiger partial charge in [0, 0.05) is 11.9 Å². The molecule has 3 aromatic rings. The van der Waals surface area contributed by atoms with Crippen LogP contribution in [-0.4, -0.2) is 15.5 Å². The van der Waals surface area contributed by atoms with Crippen molar-refractivity contribution in [1.82, 2.24) is 9.55 Å². The van der Waals surface area contributed by atoms with Crippen LogP contribution >= 0.6 is 0 Å². The molecule has 0 saturated heterocycles. The van der Waals surface area contributed by atoms with E-state index in [1.165, 1.54) is 12.3 Å². The highest BCUT2D eigenvalue weighted by molar-refractivity contribution is 6.03. The summed E-state index contributed by atoms with van der Waals surface area (Å²) in [6, 6.07) is 11.5. The van der Waals surface area contributed by atoms with Crippen LogP contribution in [0.4, 0.5) is 5.69 Å². The summed E-state index contributed by atoms with van der Waals surface area (Å²) in [5.41, 5.74) is -0.881. The number of nitrogens with zero attached hydrogens (tertiary/aromatic N) is 2. The second-order valence-electron chi connectivity index (χ2n) is 5.12. The van der Waals surface area contributed by atoms with Crippen molar-refractivity contribution >= 4 is 11.6 Å². The summed E-state index contributed by atoms with van der Waals surface area (Å²) in [7, 11) is 0. The number of nitriles is 1. The average Bonchev–Trinajstić information content (AvgIpc) is 3.12. The third-order valence-corrected chi connectivity index (χ3v) is 3.45. The molecule has 3 rings (SSSR count). The number of furan rings is 1. The number of H-pyrrole nitrogens is 1. The number of anilines is 1. The van der Waals surface area contributed by atoms with Crippen molar-refractivity contribution in [2.24, 2.45) is 0 Å². The molecule has 0 fully saturated rings. The van der Waals surface area contributed by atoms with Gasteiger partial charge in [0.2, 0.25) is 0 Å². The summed E-state index contributed by atoms with van der Waals surface area (Å²) < 4.78 is 6.00. The fraction of sp³-hybridized carbons (Fsp3) is 0.0588. The topological polar surface area (TPSA) is 121 Å². The van der Waals surface area contributed by atoms with Crippen molar-refractivity contribution in [2.45, 2.75) is 6.54 Å². The van der Waals surface area contributed by atoms with Crippen LogP contribution in [0.3, 0.4) is 0 Å². The lowest BCUT2D eigenvalue weighted by molar-refractivity contribution is 0.102. The van der Waals surface area contributed by atoms with Gasteiger partial charge in [-0.1, -0.05) is 6.07 Å². The van der Waals surface area contributed by atoms with Crippen LogP contribution in [0.2, 0.25) is 0 Å². The predicted molar refractivity (Wildman–Crippen MR) is 88.2 cm³/mol. The Bertz CT molecular complexity index is 1070. The lowest BCUT2D eigenvalue weighted by Crippen LogP contribution is -2.39. The Balaban J connectivity index is 1.92. The minimum Gasteiger partial charge on any atom is -0.467 e. The molecular formula is C17H12N4O4. The first-order valence-corrected chi connectivity index (χ1v) is 7.25. The molecule has 2 N–H and O–H groups in total. The molecule has 0 aliphatic rings. The van der Waals surface area contributed by atoms with Gasteiger partial charge in [0.05, 0.1) is 24.4 Å². The highest BCUT2D eigenvalue weighted by atomic mass is 16.3. The van der Waals surface area contributed by atoms with Crippen LogP contribution in [0, 0.1) is 11.3 Å². The largest absolute Gasteiger partial charge is 0.467 e. The third-order valence-electron chi connectivity index (χ3n) is 3.45. The molecule has 1 amide bonds. The Morgan fingerprint density at radius 1 is 1.28 bits per heavy atom. The average molecular weight is 336 g/mol. The number of aromatic amines is 1. The number of nitrogens with one attached hydrogen (secondary N) is 2. The van der Waals surface area contributed by atoms with Crippen LogP contribution in [0.25, 0.3) is 0 Å². The first-order valence-electron chi connectivity index (χ1n) is 7.25. The lowest BCUT2D eigenvalue weighted by Gasteiger charge is -2.07. The van der Waals surface area contributed by atoms with Gasteiger partial charge < -0.3 is 14.7 Å². The zero-order valence-corrected chi connectivity index (χ0v) is 12.9. The van der Waals surface area contributed by atoms with Gasteiger partial charge in [-0.05, 0) is 30.3 Å². The molecular weight excluding hydrogens is 324 g/mol. The van der Waals surface area contributed by atoms with Gasteiger partial charge in [0.25, 0.3) is 11.5 Å². The molecule has 25 heavy (non-hydrogen) atoms. The molecule has 8 nitrogen and oxygen atoms in total. The molecule has 0 spiro atoms. The molecule has 124 valence electrons. The van der Waals surface area contributed by atoms with Crippen LogP contribution in [-0.2, 0) is 6.54 Å². The lowest BCUT2D eigenvalue weighted by atomic mass is 10.2. The maximum absolute atomic E-state index is 12.5. The standard InChI is InChI=1S/C17H12N4O4/c18-8-11-3-1-4-12(7-11)20-15(22)14-9-19-17(24)21(16(14)23)10-13-5-2-6-25-13/h1-7,9H,10H2,(H,19,24)(H,20,22). The molecule has 0 unspecified atom stereocenters. The Morgan fingerprint density at radius 2 is 2.12 bits per heavy atom. The maximum atomic E-state index is 12.5. The summed E-state index contributed by atoms with van der Waals surface area (Å²) in [4.78, 5) is 39.1. The summed E-state index contributed by atoms with van der Waals surface area (Å²) in [5.74, 6) is -0.281. The molecule has 0 atom stereocenters. The van der Waals surface area contributed by atoms with Gasteiger partial charge in [-0.15, -0.1) is 0 Å². The first-order chi connectivity index (χ1) is 12.1. The molecule has 0 aliphatic heterocycles. The van der Waals surface area contributed by atoms with E-state index in [-0.39, 0.29) is 12.1 Å². The number of carbonyl (C=O) groups excluding carboxylic acids is 1. The molecule has 1 aromatic carbocycles. The second kappa shape index (κ2) is 6.72. The summed E-state index contributed by atoms with van der Waals surface area (Å²) in [5, 5.41) is 11.4. The molecule has 2 aromatic heterocycles. The van der Waals surface area contributed by atoms with Gasteiger partial charge in [0.1, 0.15) is 11.3 Å². The van der Waals surface area contributed by atoms with Crippen molar-refractivity contribution in [2.75, 3.05) is 5.32 Å². The van der Waals surface area contributed by atoms with Gasteiger partial charge in [0.15, 0.2) is 0 Å². The van der Waals surface area contributed by atoms with Gasteiger partial charge in [-0.25, -0.2) is 4.79 Å². The van der Waals surface area contributed by atoms with Crippen molar-refractivity contribution in [3.05, 3.63) is 86.6 Å². The van der Waals surface area contributed by atoms with Crippen LogP contribution in [0.15, 0.2) is 62.9 Å². The minimum absolute atomic E-state index is 0.0911. The van der Waals surface area contributed by atoms with Gasteiger partial charge >= 0.3 is 5.69 Å².